The van der Waals surface area contributed by atoms with Crippen LogP contribution < -0.4 is 5.32 Å². The number of halogens is 1. The molecule has 0 unspecified atom stereocenters. The molecule has 2 aromatic carbocycles. The van der Waals surface area contributed by atoms with Gasteiger partial charge in [0, 0.05) is 11.1 Å². The van der Waals surface area contributed by atoms with Gasteiger partial charge in [0.15, 0.2) is 0 Å². The molecule has 0 atom stereocenters. The molecule has 0 aliphatic rings. The zero-order valence-electron chi connectivity index (χ0n) is 16.3. The zero-order chi connectivity index (χ0) is 21.6. The van der Waals surface area contributed by atoms with E-state index in [0.717, 1.165) is 9.71 Å². The van der Waals surface area contributed by atoms with Gasteiger partial charge in [-0.2, -0.15) is 4.31 Å². The summed E-state index contributed by atoms with van der Waals surface area (Å²) in [7, 11) is -3.94. The monoisotopic (exact) mass is 428 g/mol. The fourth-order valence-corrected chi connectivity index (χ4v) is 3.76. The van der Waals surface area contributed by atoms with Gasteiger partial charge >= 0.3 is 0 Å². The third-order valence-electron chi connectivity index (χ3n) is 4.28. The molecule has 0 saturated heterocycles. The molecule has 1 N–H and O–H groups in total. The lowest BCUT2D eigenvalue weighted by Gasteiger charge is -2.19. The fourth-order valence-electron chi connectivity index (χ4n) is 2.66. The molecule has 1 aromatic heterocycles. The van der Waals surface area contributed by atoms with Gasteiger partial charge in [0.1, 0.15) is 11.6 Å². The number of amides is 1. The van der Waals surface area contributed by atoms with Crippen molar-refractivity contribution in [3.63, 3.8) is 0 Å². The Morgan fingerprint density at radius 1 is 1.13 bits per heavy atom. The Bertz CT molecular complexity index is 1130. The van der Waals surface area contributed by atoms with Crippen molar-refractivity contribution in [2.75, 3.05) is 11.9 Å². The number of hydrogen-bond acceptors (Lipinski definition) is 4. The lowest BCUT2D eigenvalue weighted by atomic mass is 10.2. The fraction of sp³-hybridized carbons (Fsp3) is 0.136. The van der Waals surface area contributed by atoms with E-state index in [1.54, 1.807) is 49.4 Å². The van der Waals surface area contributed by atoms with Crippen LogP contribution in [-0.4, -0.2) is 25.2 Å². The van der Waals surface area contributed by atoms with E-state index in [9.17, 15) is 17.6 Å². The van der Waals surface area contributed by atoms with E-state index in [2.05, 4.69) is 5.32 Å². The highest BCUT2D eigenvalue weighted by atomic mass is 32.2. The highest BCUT2D eigenvalue weighted by Gasteiger charge is 2.24. The summed E-state index contributed by atoms with van der Waals surface area (Å²) in [6, 6.07) is 16.5. The molecule has 6 nitrogen and oxygen atoms in total. The summed E-state index contributed by atoms with van der Waals surface area (Å²) in [5.74, 6) is -0.666. The molecule has 0 saturated carbocycles. The first-order valence-electron chi connectivity index (χ1n) is 9.15. The Morgan fingerprint density at radius 2 is 1.90 bits per heavy atom. The number of sulfonamides is 1. The highest BCUT2D eigenvalue weighted by molar-refractivity contribution is 7.92. The topological polar surface area (TPSA) is 79.6 Å². The minimum Gasteiger partial charge on any atom is -0.468 e. The van der Waals surface area contributed by atoms with Crippen LogP contribution in [0.15, 0.2) is 76.8 Å². The summed E-state index contributed by atoms with van der Waals surface area (Å²) >= 11 is 0. The molecule has 1 amide bonds. The van der Waals surface area contributed by atoms with Gasteiger partial charge in [0.2, 0.25) is 15.9 Å². The van der Waals surface area contributed by atoms with E-state index in [1.165, 1.54) is 24.5 Å². The molecule has 0 spiro atoms. The van der Waals surface area contributed by atoms with E-state index in [1.807, 2.05) is 6.07 Å². The lowest BCUT2D eigenvalue weighted by molar-refractivity contribution is -0.116. The van der Waals surface area contributed by atoms with Crippen LogP contribution in [-0.2, 0) is 21.4 Å². The molecule has 0 bridgehead atoms. The maximum absolute atomic E-state index is 13.7. The van der Waals surface area contributed by atoms with Gasteiger partial charge in [-0.25, -0.2) is 12.8 Å². The zero-order valence-corrected chi connectivity index (χ0v) is 17.1. The average molecular weight is 428 g/mol. The lowest BCUT2D eigenvalue weighted by Crippen LogP contribution is -2.36. The summed E-state index contributed by atoms with van der Waals surface area (Å²) in [5.41, 5.74) is 1.40. The van der Waals surface area contributed by atoms with Crippen molar-refractivity contribution in [1.82, 2.24) is 4.31 Å². The predicted octanol–water partition coefficient (Wildman–Crippen LogP) is 4.17. The molecule has 1 heterocycles. The standard InChI is InChI=1S/C22H21FN2O4S/c1-17-9-10-19(14-21(17)23)24-22(26)16-25(15-20-8-5-12-29-20)30(27,28)13-11-18-6-3-2-4-7-18/h2-14H,15-16H2,1H3,(H,24,26)/b13-11+. The molecular formula is C22H21FN2O4S. The van der Waals surface area contributed by atoms with Crippen LogP contribution in [0.3, 0.4) is 0 Å². The second kappa shape index (κ2) is 9.51. The van der Waals surface area contributed by atoms with Crippen LogP contribution in [0.2, 0.25) is 0 Å². The van der Waals surface area contributed by atoms with Crippen molar-refractivity contribution < 1.29 is 22.0 Å². The van der Waals surface area contributed by atoms with Gasteiger partial charge in [0.25, 0.3) is 0 Å². The summed E-state index contributed by atoms with van der Waals surface area (Å²) < 4.78 is 45.7. The summed E-state index contributed by atoms with van der Waals surface area (Å²) in [5, 5.41) is 3.57. The minimum absolute atomic E-state index is 0.121. The largest absolute Gasteiger partial charge is 0.468 e. The van der Waals surface area contributed by atoms with Gasteiger partial charge < -0.3 is 9.73 Å². The van der Waals surface area contributed by atoms with Gasteiger partial charge in [-0.1, -0.05) is 36.4 Å². The smallest absolute Gasteiger partial charge is 0.239 e. The molecule has 156 valence electrons. The Labute approximate surface area is 174 Å². The van der Waals surface area contributed by atoms with Crippen LogP contribution >= 0.6 is 0 Å². The summed E-state index contributed by atoms with van der Waals surface area (Å²) in [4.78, 5) is 12.5. The van der Waals surface area contributed by atoms with Crippen molar-refractivity contribution in [3.05, 3.63) is 95.0 Å². The number of carbonyl (C=O) groups is 1. The molecule has 0 fully saturated rings. The number of furan rings is 1. The molecule has 0 aliphatic carbocycles. The van der Waals surface area contributed by atoms with E-state index >= 15 is 0 Å². The normalized spacial score (nSPS) is 11.8. The van der Waals surface area contributed by atoms with Gasteiger partial charge in [-0.3, -0.25) is 4.79 Å². The number of anilines is 1. The first kappa shape index (κ1) is 21.5. The molecule has 0 aliphatic heterocycles. The van der Waals surface area contributed by atoms with Crippen LogP contribution in [0.1, 0.15) is 16.9 Å². The Balaban J connectivity index is 1.78. The number of nitrogens with zero attached hydrogens (tertiary/aromatic N) is 1. The average Bonchev–Trinajstić information content (AvgIpc) is 3.23. The molecule has 30 heavy (non-hydrogen) atoms. The van der Waals surface area contributed by atoms with Gasteiger partial charge in [0.05, 0.1) is 19.4 Å². The quantitative estimate of drug-likeness (QED) is 0.584. The van der Waals surface area contributed by atoms with Gasteiger partial charge in [-0.05, 0) is 48.4 Å². The number of hydrogen-bond donors (Lipinski definition) is 1. The molecular weight excluding hydrogens is 407 g/mol. The van der Waals surface area contributed by atoms with Crippen molar-refractivity contribution in [1.29, 1.82) is 0 Å². The van der Waals surface area contributed by atoms with Crippen LogP contribution in [0.5, 0.6) is 0 Å². The van der Waals surface area contributed by atoms with Crippen molar-refractivity contribution >= 4 is 27.7 Å². The van der Waals surface area contributed by atoms with Crippen LogP contribution in [0, 0.1) is 12.7 Å². The highest BCUT2D eigenvalue weighted by Crippen LogP contribution is 2.16. The summed E-state index contributed by atoms with van der Waals surface area (Å²) in [6.07, 6.45) is 2.88. The van der Waals surface area contributed by atoms with E-state index in [-0.39, 0.29) is 12.2 Å². The maximum atomic E-state index is 13.7. The Kier molecular flexibility index (Phi) is 6.81. The molecule has 3 rings (SSSR count). The van der Waals surface area contributed by atoms with Crippen LogP contribution in [0.4, 0.5) is 10.1 Å². The number of nitrogens with one attached hydrogen (secondary N) is 1. The SMILES string of the molecule is Cc1ccc(NC(=O)CN(Cc2ccco2)S(=O)(=O)/C=C/c2ccccc2)cc1F. The van der Waals surface area contributed by atoms with E-state index in [0.29, 0.717) is 16.9 Å². The molecule has 8 heteroatoms. The Morgan fingerprint density at radius 3 is 2.57 bits per heavy atom. The number of carbonyl (C=O) groups excluding carboxylic acids is 1. The molecule has 0 radical (unpaired) electrons. The third-order valence-corrected chi connectivity index (χ3v) is 5.74. The predicted molar refractivity (Wildman–Crippen MR) is 113 cm³/mol. The third kappa shape index (κ3) is 5.88. The van der Waals surface area contributed by atoms with E-state index < -0.39 is 28.3 Å². The second-order valence-corrected chi connectivity index (χ2v) is 8.44. The van der Waals surface area contributed by atoms with Crippen molar-refractivity contribution in [2.45, 2.75) is 13.5 Å². The Hall–Kier alpha value is -3.23. The number of benzene rings is 2. The number of rotatable bonds is 8. The summed E-state index contributed by atoms with van der Waals surface area (Å²) in [6.45, 7) is 1.03. The number of aryl methyl sites for hydroxylation is 1. The maximum Gasteiger partial charge on any atom is 0.239 e. The van der Waals surface area contributed by atoms with Crippen molar-refractivity contribution in [2.24, 2.45) is 0 Å². The van der Waals surface area contributed by atoms with E-state index in [4.69, 9.17) is 4.42 Å². The van der Waals surface area contributed by atoms with Crippen molar-refractivity contribution in [3.8, 4) is 0 Å². The minimum atomic E-state index is -3.94. The molecule has 3 aromatic rings. The first-order chi connectivity index (χ1) is 14.3. The van der Waals surface area contributed by atoms with Gasteiger partial charge in [-0.15, -0.1) is 0 Å². The first-order valence-corrected chi connectivity index (χ1v) is 10.7. The van der Waals surface area contributed by atoms with Crippen LogP contribution in [0.25, 0.3) is 6.08 Å². The second-order valence-electron chi connectivity index (χ2n) is 6.62.